The predicted octanol–water partition coefficient (Wildman–Crippen LogP) is 3.46. The van der Waals surface area contributed by atoms with Gasteiger partial charge in [0.25, 0.3) is 0 Å². The third-order valence-electron chi connectivity index (χ3n) is 3.17. The van der Waals surface area contributed by atoms with E-state index in [2.05, 4.69) is 17.3 Å². The van der Waals surface area contributed by atoms with Gasteiger partial charge in [0.05, 0.1) is 6.20 Å². The third-order valence-corrected chi connectivity index (χ3v) is 3.67. The van der Waals surface area contributed by atoms with E-state index < -0.39 is 0 Å². The van der Waals surface area contributed by atoms with Gasteiger partial charge in [0.1, 0.15) is 11.9 Å². The molecule has 4 heteroatoms. The van der Waals surface area contributed by atoms with Gasteiger partial charge in [-0.1, -0.05) is 23.2 Å². The Labute approximate surface area is 122 Å². The minimum Gasteiger partial charge on any atom is -0.295 e. The average molecular weight is 292 g/mol. The van der Waals surface area contributed by atoms with Crippen molar-refractivity contribution in [3.8, 4) is 0 Å². The summed E-state index contributed by atoms with van der Waals surface area (Å²) in [5.41, 5.74) is 2.35. The molecular weight excluding hydrogens is 279 g/mol. The van der Waals surface area contributed by atoms with Crippen molar-refractivity contribution in [3.05, 3.63) is 71.0 Å². The summed E-state index contributed by atoms with van der Waals surface area (Å²) in [6.07, 6.45) is 4.23. The maximum Gasteiger partial charge on any atom is 0.165 e. The largest absolute Gasteiger partial charge is 0.295 e. The van der Waals surface area contributed by atoms with Crippen LogP contribution >= 0.6 is 23.2 Å². The minimum atomic E-state index is 0.758. The Morgan fingerprint density at radius 2 is 1.42 bits per heavy atom. The lowest BCUT2D eigenvalue weighted by atomic mass is 10.3. The van der Waals surface area contributed by atoms with Gasteiger partial charge in [0.2, 0.25) is 0 Å². The Hall–Kier alpha value is -1.48. The summed E-state index contributed by atoms with van der Waals surface area (Å²) in [6.45, 7) is 0.864. The zero-order chi connectivity index (χ0) is 13.2. The van der Waals surface area contributed by atoms with Crippen molar-refractivity contribution in [3.63, 3.8) is 0 Å². The van der Waals surface area contributed by atoms with E-state index in [-0.39, 0.29) is 0 Å². The summed E-state index contributed by atoms with van der Waals surface area (Å²) in [6, 6.07) is 15.8. The second kappa shape index (κ2) is 5.25. The van der Waals surface area contributed by atoms with Crippen LogP contribution in [0.5, 0.6) is 0 Å². The SMILES string of the molecule is Clc1ccc(N2C=C[NH+](c3ccc(Cl)cc3)C2)cc1. The maximum atomic E-state index is 5.91. The van der Waals surface area contributed by atoms with E-state index in [1.54, 1.807) is 0 Å². The monoisotopic (exact) mass is 291 g/mol. The smallest absolute Gasteiger partial charge is 0.165 e. The van der Waals surface area contributed by atoms with Crippen molar-refractivity contribution >= 4 is 34.6 Å². The Morgan fingerprint density at radius 1 is 0.842 bits per heavy atom. The Balaban J connectivity index is 1.76. The van der Waals surface area contributed by atoms with Crippen LogP contribution in [0.25, 0.3) is 0 Å². The van der Waals surface area contributed by atoms with Crippen molar-refractivity contribution in [1.82, 2.24) is 0 Å². The molecule has 1 unspecified atom stereocenters. The lowest BCUT2D eigenvalue weighted by Gasteiger charge is -2.16. The van der Waals surface area contributed by atoms with Crippen LogP contribution in [0.15, 0.2) is 60.9 Å². The van der Waals surface area contributed by atoms with Gasteiger partial charge in [-0.05, 0) is 36.4 Å². The first-order chi connectivity index (χ1) is 9.22. The van der Waals surface area contributed by atoms with Gasteiger partial charge in [-0.15, -0.1) is 0 Å². The molecule has 19 heavy (non-hydrogen) atoms. The number of nitrogens with one attached hydrogen (secondary N) is 1. The number of rotatable bonds is 2. The Kier molecular flexibility index (Phi) is 3.47. The van der Waals surface area contributed by atoms with E-state index in [9.17, 15) is 0 Å². The highest BCUT2D eigenvalue weighted by molar-refractivity contribution is 6.30. The topological polar surface area (TPSA) is 7.68 Å². The van der Waals surface area contributed by atoms with Crippen molar-refractivity contribution in [2.45, 2.75) is 0 Å². The van der Waals surface area contributed by atoms with Gasteiger partial charge in [0.15, 0.2) is 6.67 Å². The molecule has 0 saturated carbocycles. The van der Waals surface area contributed by atoms with Crippen LogP contribution in [-0.2, 0) is 0 Å². The fraction of sp³-hybridized carbons (Fsp3) is 0.0667. The second-order valence-electron chi connectivity index (χ2n) is 4.45. The number of hydrogen-bond donors (Lipinski definition) is 1. The first kappa shape index (κ1) is 12.5. The molecule has 0 spiro atoms. The summed E-state index contributed by atoms with van der Waals surface area (Å²) in [7, 11) is 0. The zero-order valence-electron chi connectivity index (χ0n) is 10.2. The summed E-state index contributed by atoms with van der Waals surface area (Å²) in [4.78, 5) is 3.48. The van der Waals surface area contributed by atoms with Gasteiger partial charge in [-0.25, -0.2) is 0 Å². The molecule has 2 aromatic carbocycles. The van der Waals surface area contributed by atoms with Crippen molar-refractivity contribution in [2.75, 3.05) is 11.6 Å². The second-order valence-corrected chi connectivity index (χ2v) is 5.33. The van der Waals surface area contributed by atoms with Crippen LogP contribution < -0.4 is 9.80 Å². The van der Waals surface area contributed by atoms with E-state index in [0.717, 1.165) is 22.4 Å². The Bertz CT molecular complexity index is 537. The highest BCUT2D eigenvalue weighted by atomic mass is 35.5. The predicted molar refractivity (Wildman–Crippen MR) is 80.0 cm³/mol. The molecule has 0 saturated heterocycles. The van der Waals surface area contributed by atoms with Crippen molar-refractivity contribution in [1.29, 1.82) is 0 Å². The number of benzene rings is 2. The lowest BCUT2D eigenvalue weighted by Crippen LogP contribution is -3.02. The molecule has 3 rings (SSSR count). The number of quaternary nitrogens is 1. The van der Waals surface area contributed by atoms with Crippen LogP contribution in [0.1, 0.15) is 0 Å². The number of nitrogens with zero attached hydrogens (tertiary/aromatic N) is 1. The van der Waals surface area contributed by atoms with E-state index >= 15 is 0 Å². The maximum absolute atomic E-state index is 5.91. The van der Waals surface area contributed by atoms with Crippen LogP contribution in [0.4, 0.5) is 11.4 Å². The molecule has 1 atom stereocenters. The first-order valence-corrected chi connectivity index (χ1v) is 6.80. The molecule has 2 aromatic rings. The molecule has 0 aliphatic carbocycles. The van der Waals surface area contributed by atoms with Crippen LogP contribution in [0, 0.1) is 0 Å². The fourth-order valence-electron chi connectivity index (χ4n) is 2.13. The molecule has 0 aromatic heterocycles. The standard InChI is InChI=1S/C15H12Cl2N2/c16-12-1-5-14(6-2-12)18-9-10-19(11-18)15-7-3-13(17)4-8-15/h1-10H,11H2/p+1. The molecule has 1 heterocycles. The Morgan fingerprint density at radius 3 is 2.05 bits per heavy atom. The van der Waals surface area contributed by atoms with Crippen LogP contribution in [-0.4, -0.2) is 6.67 Å². The normalized spacial score (nSPS) is 18.0. The molecule has 0 fully saturated rings. The van der Waals surface area contributed by atoms with Gasteiger partial charge in [-0.3, -0.25) is 9.80 Å². The quantitative estimate of drug-likeness (QED) is 0.890. The summed E-state index contributed by atoms with van der Waals surface area (Å²) >= 11 is 11.8. The molecule has 0 radical (unpaired) electrons. The molecule has 0 bridgehead atoms. The third kappa shape index (κ3) is 2.76. The van der Waals surface area contributed by atoms with E-state index in [1.807, 2.05) is 48.5 Å². The fourth-order valence-corrected chi connectivity index (χ4v) is 2.38. The molecule has 96 valence electrons. The summed E-state index contributed by atoms with van der Waals surface area (Å²) in [5.74, 6) is 0. The molecule has 1 aliphatic rings. The van der Waals surface area contributed by atoms with E-state index in [1.165, 1.54) is 10.6 Å². The zero-order valence-corrected chi connectivity index (χ0v) is 11.7. The molecule has 1 N–H and O–H groups in total. The molecule has 2 nitrogen and oxygen atoms in total. The number of hydrogen-bond acceptors (Lipinski definition) is 1. The molecular formula is C15H13Cl2N2+. The van der Waals surface area contributed by atoms with E-state index in [0.29, 0.717) is 0 Å². The summed E-state index contributed by atoms with van der Waals surface area (Å²) in [5, 5.41) is 1.52. The van der Waals surface area contributed by atoms with Gasteiger partial charge < -0.3 is 0 Å². The lowest BCUT2D eigenvalue weighted by molar-refractivity contribution is -0.767. The van der Waals surface area contributed by atoms with Gasteiger partial charge in [0, 0.05) is 27.9 Å². The number of anilines is 1. The summed E-state index contributed by atoms with van der Waals surface area (Å²) < 4.78 is 0. The van der Waals surface area contributed by atoms with Crippen LogP contribution in [0.3, 0.4) is 0 Å². The minimum absolute atomic E-state index is 0.758. The first-order valence-electron chi connectivity index (χ1n) is 6.04. The molecule has 0 amide bonds. The average Bonchev–Trinajstić information content (AvgIpc) is 2.90. The van der Waals surface area contributed by atoms with Crippen molar-refractivity contribution < 1.29 is 4.90 Å². The molecule has 1 aliphatic heterocycles. The number of halogens is 2. The van der Waals surface area contributed by atoms with Gasteiger partial charge in [-0.2, -0.15) is 0 Å². The highest BCUT2D eigenvalue weighted by Gasteiger charge is 2.20. The van der Waals surface area contributed by atoms with E-state index in [4.69, 9.17) is 23.2 Å². The van der Waals surface area contributed by atoms with Crippen molar-refractivity contribution in [2.24, 2.45) is 0 Å². The van der Waals surface area contributed by atoms with Crippen LogP contribution in [0.2, 0.25) is 10.0 Å². The highest BCUT2D eigenvalue weighted by Crippen LogP contribution is 2.19. The van der Waals surface area contributed by atoms with Gasteiger partial charge >= 0.3 is 0 Å².